The predicted molar refractivity (Wildman–Crippen MR) is 159 cm³/mol. The van der Waals surface area contributed by atoms with Crippen LogP contribution in [0.4, 0.5) is 0 Å². The summed E-state index contributed by atoms with van der Waals surface area (Å²) in [5.74, 6) is 2.32. The Morgan fingerprint density at radius 1 is 0.514 bits per heavy atom. The van der Waals surface area contributed by atoms with Gasteiger partial charge in [-0.1, -0.05) is 96.2 Å². The molecular weight excluding hydrogens is 476 g/mol. The predicted octanol–water partition coefficient (Wildman–Crippen LogP) is 8.53. The smallest absolute Gasteiger partial charge is 0.136 e. The average molecular weight is 529 g/mol. The Labute approximate surface area is 227 Å². The van der Waals surface area contributed by atoms with Crippen LogP contribution in [-0.2, 0) is 21.7 Å². The molecule has 0 atom stereocenters. The van der Waals surface area contributed by atoms with Gasteiger partial charge in [0.25, 0.3) is 0 Å². The molecule has 0 heterocycles. The van der Waals surface area contributed by atoms with Crippen LogP contribution in [0.2, 0.25) is 13.1 Å². The van der Waals surface area contributed by atoms with Gasteiger partial charge in [-0.2, -0.15) is 0 Å². The lowest BCUT2D eigenvalue weighted by molar-refractivity contribution is 0.339. The number of rotatable bonds is 6. The lowest BCUT2D eigenvalue weighted by atomic mass is 9.79. The first-order valence-electron chi connectivity index (χ1n) is 13.4. The molecule has 0 saturated heterocycles. The molecule has 2 aromatic rings. The molecule has 0 aliphatic carbocycles. The number of phenolic OH excluding ortho intramolecular Hbond substituents is 2. The summed E-state index contributed by atoms with van der Waals surface area (Å²) in [5.41, 5.74) is 2.81. The van der Waals surface area contributed by atoms with E-state index in [0.717, 1.165) is 33.8 Å². The Kier molecular flexibility index (Phi) is 8.57. The van der Waals surface area contributed by atoms with Crippen molar-refractivity contribution in [2.75, 3.05) is 12.5 Å². The molecular formula is C32H52O4Si. The van der Waals surface area contributed by atoms with Crippen LogP contribution in [0, 0.1) is 0 Å². The van der Waals surface area contributed by atoms with Crippen LogP contribution in [-0.4, -0.2) is 30.7 Å². The second-order valence-corrected chi connectivity index (χ2v) is 20.4. The molecule has 0 bridgehead atoms. The maximum atomic E-state index is 11.0. The minimum Gasteiger partial charge on any atom is -0.507 e. The molecule has 0 aliphatic heterocycles. The fraction of sp³-hybridized carbons (Fsp3) is 0.625. The van der Waals surface area contributed by atoms with Crippen molar-refractivity contribution in [3.05, 3.63) is 46.5 Å². The van der Waals surface area contributed by atoms with Crippen LogP contribution in [0.1, 0.15) is 105 Å². The first-order chi connectivity index (χ1) is 16.4. The van der Waals surface area contributed by atoms with Gasteiger partial charge in [0.15, 0.2) is 0 Å². The number of aromatic hydroxyl groups is 2. The van der Waals surface area contributed by atoms with Crippen molar-refractivity contribution in [1.82, 2.24) is 0 Å². The molecule has 5 heteroatoms. The van der Waals surface area contributed by atoms with Crippen LogP contribution in [0.5, 0.6) is 23.0 Å². The maximum absolute atomic E-state index is 11.0. The highest BCUT2D eigenvalue weighted by atomic mass is 28.3. The minimum atomic E-state index is -1.92. The van der Waals surface area contributed by atoms with Crippen LogP contribution >= 0.6 is 0 Å². The average Bonchev–Trinajstić information content (AvgIpc) is 2.68. The molecule has 2 aromatic carbocycles. The zero-order valence-corrected chi connectivity index (χ0v) is 26.9. The Balaban J connectivity index is 2.30. The first-order valence-corrected chi connectivity index (χ1v) is 16.9. The normalized spacial score (nSPS) is 13.6. The van der Waals surface area contributed by atoms with Crippen molar-refractivity contribution in [3.8, 4) is 23.0 Å². The molecule has 0 amide bonds. The summed E-state index contributed by atoms with van der Waals surface area (Å²) in [7, 11) is -1.92. The molecule has 208 valence electrons. The fourth-order valence-corrected chi connectivity index (χ4v) is 5.47. The van der Waals surface area contributed by atoms with E-state index in [1.54, 1.807) is 0 Å². The summed E-state index contributed by atoms with van der Waals surface area (Å²) < 4.78 is 12.8. The number of hydrogen-bond acceptors (Lipinski definition) is 4. The SMILES string of the molecule is CC(C)(C)c1cc(OC[Si](C)(C)COc2cc(C(C)(C)C)c(O)c(C(C)(C)C)c2)cc(C(C)(C)C)c1O. The van der Waals surface area contributed by atoms with E-state index in [-0.39, 0.29) is 21.7 Å². The van der Waals surface area contributed by atoms with Crippen molar-refractivity contribution in [2.24, 2.45) is 0 Å². The van der Waals surface area contributed by atoms with Gasteiger partial charge in [-0.05, 0) is 45.9 Å². The molecule has 4 nitrogen and oxygen atoms in total. The van der Waals surface area contributed by atoms with E-state index in [9.17, 15) is 10.2 Å². The standard InChI is InChI=1S/C32H52O4Si/c1-29(2,3)23-15-21(16-24(27(23)33)30(4,5)6)35-19-37(13,14)20-36-22-17-25(31(7,8)9)28(34)26(18-22)32(10,11)12/h15-18,33-34H,19-20H2,1-14H3. The summed E-state index contributed by atoms with van der Waals surface area (Å²) in [4.78, 5) is 0. The lowest BCUT2D eigenvalue weighted by Gasteiger charge is -2.30. The van der Waals surface area contributed by atoms with Crippen LogP contribution < -0.4 is 9.47 Å². The fourth-order valence-electron chi connectivity index (χ4n) is 4.27. The van der Waals surface area contributed by atoms with Gasteiger partial charge in [-0.25, -0.2) is 0 Å². The second-order valence-electron chi connectivity index (χ2n) is 15.5. The maximum Gasteiger partial charge on any atom is 0.136 e. The van der Waals surface area contributed by atoms with Gasteiger partial charge in [-0.3, -0.25) is 0 Å². The zero-order valence-electron chi connectivity index (χ0n) is 25.9. The van der Waals surface area contributed by atoms with E-state index in [0.29, 0.717) is 24.0 Å². The van der Waals surface area contributed by atoms with Crippen molar-refractivity contribution in [3.63, 3.8) is 0 Å². The van der Waals surface area contributed by atoms with E-state index >= 15 is 0 Å². The van der Waals surface area contributed by atoms with Gasteiger partial charge in [0, 0.05) is 22.3 Å². The Bertz CT molecular complexity index is 946. The van der Waals surface area contributed by atoms with Crippen molar-refractivity contribution < 1.29 is 19.7 Å². The molecule has 0 spiro atoms. The number of benzene rings is 2. The molecule has 0 unspecified atom stereocenters. The van der Waals surface area contributed by atoms with Gasteiger partial charge in [0.2, 0.25) is 0 Å². The molecule has 2 N–H and O–H groups in total. The van der Waals surface area contributed by atoms with Crippen LogP contribution in [0.15, 0.2) is 24.3 Å². The zero-order chi connectivity index (χ0) is 28.8. The van der Waals surface area contributed by atoms with Gasteiger partial charge in [-0.15, -0.1) is 0 Å². The highest BCUT2D eigenvalue weighted by Gasteiger charge is 2.30. The number of ether oxygens (including phenoxy) is 2. The van der Waals surface area contributed by atoms with E-state index in [1.807, 2.05) is 24.3 Å². The highest BCUT2D eigenvalue weighted by Crippen LogP contribution is 2.43. The summed E-state index contributed by atoms with van der Waals surface area (Å²) in [5, 5.41) is 22.0. The Morgan fingerprint density at radius 2 is 0.730 bits per heavy atom. The monoisotopic (exact) mass is 528 g/mol. The Morgan fingerprint density at radius 3 is 0.919 bits per heavy atom. The van der Waals surface area contributed by atoms with Gasteiger partial charge in [0.1, 0.15) is 31.1 Å². The lowest BCUT2D eigenvalue weighted by Crippen LogP contribution is -2.41. The first kappa shape index (κ1) is 31.1. The molecule has 0 saturated carbocycles. The van der Waals surface area contributed by atoms with Crippen LogP contribution in [0.3, 0.4) is 0 Å². The Hall–Kier alpha value is -2.14. The number of hydrogen-bond donors (Lipinski definition) is 2. The number of phenols is 2. The van der Waals surface area contributed by atoms with Gasteiger partial charge >= 0.3 is 0 Å². The summed E-state index contributed by atoms with van der Waals surface area (Å²) >= 11 is 0. The van der Waals surface area contributed by atoms with Crippen LogP contribution in [0.25, 0.3) is 0 Å². The molecule has 37 heavy (non-hydrogen) atoms. The topological polar surface area (TPSA) is 58.9 Å². The molecule has 0 aliphatic rings. The summed E-state index contributed by atoms with van der Waals surface area (Å²) in [6, 6.07) is 7.95. The third kappa shape index (κ3) is 7.92. The molecule has 0 fully saturated rings. The van der Waals surface area contributed by atoms with Crippen molar-refractivity contribution >= 4 is 8.07 Å². The largest absolute Gasteiger partial charge is 0.507 e. The highest BCUT2D eigenvalue weighted by molar-refractivity contribution is 6.77. The van der Waals surface area contributed by atoms with E-state index in [1.165, 1.54) is 0 Å². The van der Waals surface area contributed by atoms with Crippen molar-refractivity contribution in [2.45, 2.75) is 118 Å². The van der Waals surface area contributed by atoms with Crippen molar-refractivity contribution in [1.29, 1.82) is 0 Å². The van der Waals surface area contributed by atoms with E-state index in [4.69, 9.17) is 9.47 Å². The molecule has 0 aromatic heterocycles. The van der Waals surface area contributed by atoms with E-state index < -0.39 is 8.07 Å². The second kappa shape index (κ2) is 10.2. The van der Waals surface area contributed by atoms with E-state index in [2.05, 4.69) is 96.2 Å². The third-order valence-electron chi connectivity index (χ3n) is 6.66. The quantitative estimate of drug-likeness (QED) is 0.369. The summed E-state index contributed by atoms with van der Waals surface area (Å²) in [6.07, 6.45) is 1.20. The summed E-state index contributed by atoms with van der Waals surface area (Å²) in [6.45, 7) is 29.9. The van der Waals surface area contributed by atoms with Gasteiger partial charge < -0.3 is 19.7 Å². The van der Waals surface area contributed by atoms with Gasteiger partial charge in [0.05, 0.1) is 12.5 Å². The minimum absolute atomic E-state index is 0.200. The molecule has 2 rings (SSSR count). The third-order valence-corrected chi connectivity index (χ3v) is 8.51. The molecule has 0 radical (unpaired) electrons.